The average molecular weight is 668 g/mol. The zero-order valence-electron chi connectivity index (χ0n) is 27.9. The lowest BCUT2D eigenvalue weighted by atomic mass is 9.77. The molecule has 2 atom stereocenters. The van der Waals surface area contributed by atoms with Crippen molar-refractivity contribution in [3.8, 4) is 45.3 Å². The van der Waals surface area contributed by atoms with Gasteiger partial charge in [-0.25, -0.2) is 15.0 Å². The van der Waals surface area contributed by atoms with E-state index in [0.29, 0.717) is 23.4 Å². The summed E-state index contributed by atoms with van der Waals surface area (Å²) in [7, 11) is 0. The van der Waals surface area contributed by atoms with Gasteiger partial charge in [-0.3, -0.25) is 0 Å². The Morgan fingerprint density at radius 1 is 0.462 bits per heavy atom. The second-order valence-electron chi connectivity index (χ2n) is 13.5. The van der Waals surface area contributed by atoms with Crippen molar-refractivity contribution in [1.82, 2.24) is 15.0 Å². The maximum absolute atomic E-state index is 6.69. The van der Waals surface area contributed by atoms with Crippen LogP contribution in [0.4, 0.5) is 0 Å². The van der Waals surface area contributed by atoms with Crippen LogP contribution in [0.5, 0.6) is 0 Å². The van der Waals surface area contributed by atoms with Crippen molar-refractivity contribution < 1.29 is 8.83 Å². The molecule has 6 aromatic carbocycles. The number of rotatable bonds is 4. The van der Waals surface area contributed by atoms with Gasteiger partial charge in [0.25, 0.3) is 0 Å². The molecule has 2 unspecified atom stereocenters. The van der Waals surface area contributed by atoms with Crippen LogP contribution < -0.4 is 0 Å². The summed E-state index contributed by atoms with van der Waals surface area (Å²) in [6.07, 6.45) is 13.4. The van der Waals surface area contributed by atoms with E-state index in [-0.39, 0.29) is 5.92 Å². The predicted octanol–water partition coefficient (Wildman–Crippen LogP) is 12.2. The van der Waals surface area contributed by atoms with Gasteiger partial charge < -0.3 is 8.83 Å². The molecular weight excluding hydrogens is 639 g/mol. The molecule has 11 rings (SSSR count). The number of benzene rings is 6. The first-order valence-electron chi connectivity index (χ1n) is 17.6. The molecule has 3 heterocycles. The van der Waals surface area contributed by atoms with E-state index in [1.807, 2.05) is 60.7 Å². The SMILES string of the molecule is C1=CC2C=Cc3ccc(-c4nc(-c5ccccc5)nc(-c5cccc6oc7c(-c8ccc9c(c8)oc8ccccc89)cccc7c56)n4)cc3C2C=C1. The number of hydrogen-bond donors (Lipinski definition) is 0. The molecule has 0 amide bonds. The monoisotopic (exact) mass is 667 g/mol. The summed E-state index contributed by atoms with van der Waals surface area (Å²) >= 11 is 0. The smallest absolute Gasteiger partial charge is 0.164 e. The first-order chi connectivity index (χ1) is 25.7. The normalized spacial score (nSPS) is 16.2. The second kappa shape index (κ2) is 11.3. The van der Waals surface area contributed by atoms with Crippen LogP contribution in [0.3, 0.4) is 0 Å². The molecule has 5 nitrogen and oxygen atoms in total. The fraction of sp³-hybridized carbons (Fsp3) is 0.0426. The van der Waals surface area contributed by atoms with Crippen LogP contribution in [0.25, 0.3) is 95.2 Å². The molecule has 0 spiro atoms. The fourth-order valence-electron chi connectivity index (χ4n) is 7.98. The molecule has 0 fully saturated rings. The summed E-state index contributed by atoms with van der Waals surface area (Å²) in [5, 5.41) is 4.18. The standard InChI is InChI=1S/C47H29N3O2/c1-2-11-30(12-3-1)45-48-46(32-23-22-29-21-20-28-10-4-5-13-33(28)39(29)26-32)50-47(49-45)38-17-9-19-41-43(38)37-16-8-15-34(44(37)52-41)31-24-25-36-35-14-6-7-18-40(35)51-42(36)27-31/h1-28,33H. The zero-order chi connectivity index (χ0) is 34.2. The van der Waals surface area contributed by atoms with Crippen molar-refractivity contribution >= 4 is 50.0 Å². The van der Waals surface area contributed by atoms with Crippen molar-refractivity contribution in [3.05, 3.63) is 169 Å². The Balaban J connectivity index is 1.09. The van der Waals surface area contributed by atoms with E-state index in [4.69, 9.17) is 23.8 Å². The highest BCUT2D eigenvalue weighted by Crippen LogP contribution is 2.43. The van der Waals surface area contributed by atoms with Crippen molar-refractivity contribution in [2.45, 2.75) is 5.92 Å². The van der Waals surface area contributed by atoms with Gasteiger partial charge in [0.15, 0.2) is 17.5 Å². The Morgan fingerprint density at radius 2 is 1.19 bits per heavy atom. The molecule has 244 valence electrons. The van der Waals surface area contributed by atoms with E-state index in [9.17, 15) is 0 Å². The quantitative estimate of drug-likeness (QED) is 0.187. The van der Waals surface area contributed by atoms with Gasteiger partial charge in [0, 0.05) is 55.6 Å². The van der Waals surface area contributed by atoms with Gasteiger partial charge in [0.1, 0.15) is 22.3 Å². The Labute approximate surface area is 298 Å². The highest BCUT2D eigenvalue weighted by Gasteiger charge is 2.25. The number of hydrogen-bond acceptors (Lipinski definition) is 5. The van der Waals surface area contributed by atoms with E-state index >= 15 is 0 Å². The lowest BCUT2D eigenvalue weighted by molar-refractivity contribution is 0.668. The Morgan fingerprint density at radius 3 is 2.13 bits per heavy atom. The van der Waals surface area contributed by atoms with Gasteiger partial charge in [-0.15, -0.1) is 0 Å². The summed E-state index contributed by atoms with van der Waals surface area (Å²) in [5.74, 6) is 2.49. The van der Waals surface area contributed by atoms with Crippen LogP contribution in [0, 0.1) is 5.92 Å². The highest BCUT2D eigenvalue weighted by molar-refractivity contribution is 6.15. The van der Waals surface area contributed by atoms with E-state index in [1.54, 1.807) is 0 Å². The van der Waals surface area contributed by atoms with Crippen LogP contribution in [0.15, 0.2) is 167 Å². The maximum atomic E-state index is 6.69. The Kier molecular flexibility index (Phi) is 6.31. The van der Waals surface area contributed by atoms with Crippen LogP contribution in [-0.2, 0) is 0 Å². The second-order valence-corrected chi connectivity index (χ2v) is 13.5. The number of para-hydroxylation sites is 2. The van der Waals surface area contributed by atoms with Crippen LogP contribution in [0.1, 0.15) is 17.0 Å². The average Bonchev–Trinajstić information content (AvgIpc) is 3.79. The third-order valence-electron chi connectivity index (χ3n) is 10.5. The summed E-state index contributed by atoms with van der Waals surface area (Å²) in [5.41, 5.74) is 10.6. The van der Waals surface area contributed by atoms with Gasteiger partial charge in [0.05, 0.1) is 0 Å². The molecule has 52 heavy (non-hydrogen) atoms. The van der Waals surface area contributed by atoms with Crippen LogP contribution >= 0.6 is 0 Å². The fourth-order valence-corrected chi connectivity index (χ4v) is 7.98. The first-order valence-corrected chi connectivity index (χ1v) is 17.6. The number of nitrogens with zero attached hydrogens (tertiary/aromatic N) is 3. The maximum Gasteiger partial charge on any atom is 0.164 e. The predicted molar refractivity (Wildman–Crippen MR) is 210 cm³/mol. The van der Waals surface area contributed by atoms with Gasteiger partial charge in [-0.2, -0.15) is 0 Å². The van der Waals surface area contributed by atoms with E-state index in [1.165, 1.54) is 11.1 Å². The number of furan rings is 2. The largest absolute Gasteiger partial charge is 0.456 e. The minimum atomic E-state index is 0.285. The molecular formula is C47H29N3O2. The number of aromatic nitrogens is 3. The molecule has 2 aliphatic rings. The first kappa shape index (κ1) is 28.9. The van der Waals surface area contributed by atoms with Gasteiger partial charge in [-0.1, -0.05) is 134 Å². The number of allylic oxidation sites excluding steroid dienone is 5. The van der Waals surface area contributed by atoms with Crippen molar-refractivity contribution in [3.63, 3.8) is 0 Å². The molecule has 0 bridgehead atoms. The lowest BCUT2D eigenvalue weighted by Crippen LogP contribution is -2.13. The molecule has 5 heteroatoms. The molecule has 0 saturated heterocycles. The molecule has 0 saturated carbocycles. The van der Waals surface area contributed by atoms with E-state index in [0.717, 1.165) is 71.7 Å². The molecule has 0 radical (unpaired) electrons. The third-order valence-corrected chi connectivity index (χ3v) is 10.5. The number of fused-ring (bicyclic) bond motifs is 9. The Hall–Kier alpha value is -6.85. The third kappa shape index (κ3) is 4.53. The summed E-state index contributed by atoms with van der Waals surface area (Å²) in [6, 6.07) is 43.7. The summed E-state index contributed by atoms with van der Waals surface area (Å²) in [6.45, 7) is 0. The van der Waals surface area contributed by atoms with Crippen LogP contribution in [-0.4, -0.2) is 15.0 Å². The zero-order valence-corrected chi connectivity index (χ0v) is 27.9. The topological polar surface area (TPSA) is 65.0 Å². The minimum absolute atomic E-state index is 0.285. The minimum Gasteiger partial charge on any atom is -0.456 e. The summed E-state index contributed by atoms with van der Waals surface area (Å²) < 4.78 is 12.9. The van der Waals surface area contributed by atoms with Crippen molar-refractivity contribution in [2.75, 3.05) is 0 Å². The summed E-state index contributed by atoms with van der Waals surface area (Å²) in [4.78, 5) is 15.4. The molecule has 3 aromatic heterocycles. The van der Waals surface area contributed by atoms with Gasteiger partial charge >= 0.3 is 0 Å². The van der Waals surface area contributed by atoms with Gasteiger partial charge in [-0.05, 0) is 47.0 Å². The van der Waals surface area contributed by atoms with Crippen molar-refractivity contribution in [1.29, 1.82) is 0 Å². The molecule has 0 N–H and O–H groups in total. The highest BCUT2D eigenvalue weighted by atomic mass is 16.3. The van der Waals surface area contributed by atoms with Crippen LogP contribution in [0.2, 0.25) is 0 Å². The molecule has 0 aliphatic heterocycles. The molecule has 2 aliphatic carbocycles. The van der Waals surface area contributed by atoms with E-state index < -0.39 is 0 Å². The van der Waals surface area contributed by atoms with E-state index in [2.05, 4.69) is 103 Å². The lowest BCUT2D eigenvalue weighted by Gasteiger charge is -2.27. The molecule has 9 aromatic rings. The Bertz CT molecular complexity index is 2980. The van der Waals surface area contributed by atoms with Crippen molar-refractivity contribution in [2.24, 2.45) is 5.92 Å². The van der Waals surface area contributed by atoms with Gasteiger partial charge in [0.2, 0.25) is 0 Å².